The van der Waals surface area contributed by atoms with Gasteiger partial charge < -0.3 is 16.0 Å². The Hall–Kier alpha value is -1.09. The Bertz CT molecular complexity index is 566. The molecule has 0 saturated carbocycles. The molecule has 142 valence electrons. The summed E-state index contributed by atoms with van der Waals surface area (Å²) in [6, 6.07) is 0.278. The van der Waals surface area contributed by atoms with E-state index in [0.29, 0.717) is 30.8 Å². The first kappa shape index (κ1) is 22.0. The summed E-state index contributed by atoms with van der Waals surface area (Å²) in [5.41, 5.74) is 0.720. The maximum absolute atomic E-state index is 12.0. The summed E-state index contributed by atoms with van der Waals surface area (Å²) < 4.78 is 0. The molecule has 2 fully saturated rings. The van der Waals surface area contributed by atoms with Crippen molar-refractivity contribution >= 4 is 53.2 Å². The lowest BCUT2D eigenvalue weighted by Gasteiger charge is -2.24. The Kier molecular flexibility index (Phi) is 9.48. The molecule has 1 unspecified atom stereocenters. The van der Waals surface area contributed by atoms with Gasteiger partial charge in [-0.15, -0.1) is 36.2 Å². The second-order valence-corrected chi connectivity index (χ2v) is 6.82. The second kappa shape index (κ2) is 10.8. The van der Waals surface area contributed by atoms with Crippen molar-refractivity contribution in [2.75, 3.05) is 31.1 Å². The lowest BCUT2D eigenvalue weighted by molar-refractivity contribution is -0.120. The zero-order valence-electron chi connectivity index (χ0n) is 14.0. The van der Waals surface area contributed by atoms with E-state index < -0.39 is 0 Å². The normalized spacial score (nSPS) is 20.1. The predicted molar refractivity (Wildman–Crippen MR) is 104 cm³/mol. The van der Waals surface area contributed by atoms with Gasteiger partial charge in [0, 0.05) is 31.1 Å². The number of thiazole rings is 1. The van der Waals surface area contributed by atoms with Gasteiger partial charge in [-0.3, -0.25) is 9.69 Å². The highest BCUT2D eigenvalue weighted by Gasteiger charge is 2.22. The lowest BCUT2D eigenvalue weighted by atomic mass is 10.1. The van der Waals surface area contributed by atoms with Gasteiger partial charge in [-0.1, -0.05) is 6.42 Å². The van der Waals surface area contributed by atoms with E-state index in [0.717, 1.165) is 25.1 Å². The van der Waals surface area contributed by atoms with E-state index >= 15 is 0 Å². The van der Waals surface area contributed by atoms with Gasteiger partial charge in [0.2, 0.25) is 5.91 Å². The molecule has 2 aliphatic rings. The Morgan fingerprint density at radius 2 is 2.16 bits per heavy atom. The minimum absolute atomic E-state index is 0. The quantitative estimate of drug-likeness (QED) is 0.690. The first-order valence-electron chi connectivity index (χ1n) is 8.22. The molecule has 7 nitrogen and oxygen atoms in total. The molecule has 25 heavy (non-hydrogen) atoms. The number of nitrogens with zero attached hydrogens (tertiary/aromatic N) is 2. The number of halogens is 2. The molecule has 2 saturated heterocycles. The average molecular weight is 410 g/mol. The van der Waals surface area contributed by atoms with Gasteiger partial charge in [0.15, 0.2) is 5.13 Å². The lowest BCUT2D eigenvalue weighted by Crippen LogP contribution is -2.46. The Morgan fingerprint density at radius 1 is 1.32 bits per heavy atom. The van der Waals surface area contributed by atoms with Crippen LogP contribution in [0, 0.1) is 0 Å². The molecule has 3 heterocycles. The van der Waals surface area contributed by atoms with Gasteiger partial charge in [0.1, 0.15) is 0 Å². The van der Waals surface area contributed by atoms with E-state index in [1.807, 2.05) is 5.38 Å². The molecular formula is C15H25Cl2N5O2S. The average Bonchev–Trinajstić information content (AvgIpc) is 3.02. The molecule has 3 rings (SSSR count). The van der Waals surface area contributed by atoms with Crippen molar-refractivity contribution in [1.29, 1.82) is 0 Å². The van der Waals surface area contributed by atoms with Crippen LogP contribution in [0.1, 0.15) is 31.4 Å². The molecule has 0 bridgehead atoms. The number of carbonyl (C=O) groups is 2. The Balaban J connectivity index is 0.00000156. The maximum Gasteiger partial charge on any atom is 0.323 e. The molecule has 2 aliphatic heterocycles. The minimum Gasteiger partial charge on any atom is -0.354 e. The fraction of sp³-hybridized carbons (Fsp3) is 0.667. The van der Waals surface area contributed by atoms with Crippen LogP contribution in [0.25, 0.3) is 0 Å². The smallest absolute Gasteiger partial charge is 0.323 e. The van der Waals surface area contributed by atoms with Crippen LogP contribution in [0.4, 0.5) is 9.93 Å². The number of nitrogens with one attached hydrogen (secondary N) is 3. The summed E-state index contributed by atoms with van der Waals surface area (Å²) >= 11 is 1.41. The minimum atomic E-state index is -0.107. The van der Waals surface area contributed by atoms with Crippen LogP contribution in [-0.2, 0) is 11.2 Å². The van der Waals surface area contributed by atoms with Crippen molar-refractivity contribution in [2.24, 2.45) is 0 Å². The number of hydrogen-bond acceptors (Lipinski definition) is 5. The fourth-order valence-electron chi connectivity index (χ4n) is 2.88. The molecule has 3 amide bonds. The number of anilines is 1. The zero-order valence-corrected chi connectivity index (χ0v) is 16.4. The topological polar surface area (TPSA) is 86.4 Å². The summed E-state index contributed by atoms with van der Waals surface area (Å²) in [5.74, 6) is -0.0164. The number of rotatable bonds is 5. The fourth-order valence-corrected chi connectivity index (χ4v) is 3.72. The molecule has 0 radical (unpaired) electrons. The Morgan fingerprint density at radius 3 is 2.88 bits per heavy atom. The molecule has 1 atom stereocenters. The van der Waals surface area contributed by atoms with Gasteiger partial charge in [-0.2, -0.15) is 0 Å². The SMILES string of the molecule is Cl.Cl.O=C(Cc1csc(N2CCCNC2=O)n1)NCC1CCCCN1. The van der Waals surface area contributed by atoms with Crippen LogP contribution in [0.2, 0.25) is 0 Å². The van der Waals surface area contributed by atoms with E-state index in [9.17, 15) is 9.59 Å². The van der Waals surface area contributed by atoms with Crippen LogP contribution in [0.5, 0.6) is 0 Å². The van der Waals surface area contributed by atoms with E-state index in [1.54, 1.807) is 4.90 Å². The standard InChI is InChI=1S/C15H23N5O2S.2ClH/c21-13(18-9-11-4-1-2-5-16-11)8-12-10-23-15(19-12)20-7-3-6-17-14(20)22;;/h10-11,16H,1-9H2,(H,17,22)(H,18,21);2*1H. The number of aromatic nitrogens is 1. The Labute approximate surface area is 164 Å². The van der Waals surface area contributed by atoms with Crippen LogP contribution < -0.4 is 20.9 Å². The third-order valence-corrected chi connectivity index (χ3v) is 5.06. The van der Waals surface area contributed by atoms with Crippen molar-refractivity contribution < 1.29 is 9.59 Å². The molecular weight excluding hydrogens is 385 g/mol. The highest BCUT2D eigenvalue weighted by Crippen LogP contribution is 2.22. The summed E-state index contributed by atoms with van der Waals surface area (Å²) in [5, 5.41) is 11.7. The van der Waals surface area contributed by atoms with Gasteiger partial charge in [-0.05, 0) is 25.8 Å². The summed E-state index contributed by atoms with van der Waals surface area (Å²) in [6.07, 6.45) is 4.73. The predicted octanol–water partition coefficient (Wildman–Crippen LogP) is 1.71. The van der Waals surface area contributed by atoms with Crippen molar-refractivity contribution in [1.82, 2.24) is 20.9 Å². The number of urea groups is 1. The summed E-state index contributed by atoms with van der Waals surface area (Å²) in [7, 11) is 0. The van der Waals surface area contributed by atoms with Crippen molar-refractivity contribution in [2.45, 2.75) is 38.1 Å². The van der Waals surface area contributed by atoms with E-state index in [2.05, 4.69) is 20.9 Å². The molecule has 10 heteroatoms. The van der Waals surface area contributed by atoms with E-state index in [1.165, 1.54) is 24.2 Å². The molecule has 0 aliphatic carbocycles. The van der Waals surface area contributed by atoms with Gasteiger partial charge in [-0.25, -0.2) is 9.78 Å². The van der Waals surface area contributed by atoms with Crippen molar-refractivity contribution in [3.63, 3.8) is 0 Å². The van der Waals surface area contributed by atoms with Gasteiger partial charge >= 0.3 is 6.03 Å². The van der Waals surface area contributed by atoms with Crippen LogP contribution in [0.3, 0.4) is 0 Å². The molecule has 1 aromatic rings. The van der Waals surface area contributed by atoms with Crippen LogP contribution >= 0.6 is 36.2 Å². The summed E-state index contributed by atoms with van der Waals surface area (Å²) in [4.78, 5) is 29.9. The molecule has 1 aromatic heterocycles. The van der Waals surface area contributed by atoms with Crippen molar-refractivity contribution in [3.05, 3.63) is 11.1 Å². The highest BCUT2D eigenvalue weighted by molar-refractivity contribution is 7.14. The van der Waals surface area contributed by atoms with Gasteiger partial charge in [0.05, 0.1) is 12.1 Å². The van der Waals surface area contributed by atoms with Gasteiger partial charge in [0.25, 0.3) is 0 Å². The third-order valence-electron chi connectivity index (χ3n) is 4.15. The number of hydrogen-bond donors (Lipinski definition) is 3. The van der Waals surface area contributed by atoms with E-state index in [4.69, 9.17) is 0 Å². The molecule has 3 N–H and O–H groups in total. The summed E-state index contributed by atoms with van der Waals surface area (Å²) in [6.45, 7) is 3.10. The largest absolute Gasteiger partial charge is 0.354 e. The first-order valence-corrected chi connectivity index (χ1v) is 9.10. The van der Waals surface area contributed by atoms with Crippen LogP contribution in [0.15, 0.2) is 5.38 Å². The van der Waals surface area contributed by atoms with E-state index in [-0.39, 0.29) is 43.2 Å². The molecule has 0 aromatic carbocycles. The maximum atomic E-state index is 12.0. The number of carbonyl (C=O) groups excluding carboxylic acids is 2. The molecule has 0 spiro atoms. The zero-order chi connectivity index (χ0) is 16.1. The monoisotopic (exact) mass is 409 g/mol. The third kappa shape index (κ3) is 6.29. The highest BCUT2D eigenvalue weighted by atomic mass is 35.5. The first-order chi connectivity index (χ1) is 11.2. The van der Waals surface area contributed by atoms with Crippen LogP contribution in [-0.4, -0.2) is 49.1 Å². The number of amides is 3. The second-order valence-electron chi connectivity index (χ2n) is 5.99. The number of piperidine rings is 1. The van der Waals surface area contributed by atoms with Crippen molar-refractivity contribution in [3.8, 4) is 0 Å².